The van der Waals surface area contributed by atoms with E-state index in [2.05, 4.69) is 33.4 Å². The zero-order chi connectivity index (χ0) is 23.2. The first-order valence-corrected chi connectivity index (χ1v) is 11.6. The molecule has 174 valence electrons. The minimum absolute atomic E-state index is 0.169. The van der Waals surface area contributed by atoms with Crippen molar-refractivity contribution in [3.63, 3.8) is 0 Å². The first-order valence-electron chi connectivity index (χ1n) is 10.6. The normalized spacial score (nSPS) is 13.6. The van der Waals surface area contributed by atoms with E-state index in [1.807, 2.05) is 22.8 Å². The highest BCUT2D eigenvalue weighted by atomic mass is 32.2. The van der Waals surface area contributed by atoms with Crippen LogP contribution in [0.1, 0.15) is 5.56 Å². The molecule has 0 spiro atoms. The highest BCUT2D eigenvalue weighted by Gasteiger charge is 2.23. The minimum Gasteiger partial charge on any atom is -0.497 e. The number of methoxy groups -OCH3 is 2. The lowest BCUT2D eigenvalue weighted by atomic mass is 10.2. The number of hydrogen-bond donors (Lipinski definition) is 1. The summed E-state index contributed by atoms with van der Waals surface area (Å²) in [7, 11) is 3.14. The van der Waals surface area contributed by atoms with Gasteiger partial charge >= 0.3 is 0 Å². The molecule has 0 atom stereocenters. The van der Waals surface area contributed by atoms with Crippen molar-refractivity contribution in [3.8, 4) is 17.2 Å². The number of aromatic nitrogens is 3. The smallest absolute Gasteiger partial charge is 0.234 e. The van der Waals surface area contributed by atoms with Crippen LogP contribution in [0, 0.1) is 6.92 Å². The molecule has 4 rings (SSSR count). The third-order valence-corrected chi connectivity index (χ3v) is 6.21. The second kappa shape index (κ2) is 10.6. The van der Waals surface area contributed by atoms with Gasteiger partial charge in [-0.1, -0.05) is 30.0 Å². The number of para-hydroxylation sites is 1. The highest BCUT2D eigenvalue weighted by Crippen LogP contribution is 2.31. The van der Waals surface area contributed by atoms with Crippen molar-refractivity contribution in [2.24, 2.45) is 0 Å². The number of carbonyl (C=O) groups is 1. The van der Waals surface area contributed by atoms with E-state index in [1.54, 1.807) is 32.4 Å². The van der Waals surface area contributed by atoms with Gasteiger partial charge in [0.05, 0.1) is 44.6 Å². The summed E-state index contributed by atoms with van der Waals surface area (Å²) < 4.78 is 18.1. The van der Waals surface area contributed by atoms with Crippen LogP contribution in [0.2, 0.25) is 0 Å². The second-order valence-electron chi connectivity index (χ2n) is 7.41. The van der Waals surface area contributed by atoms with Crippen molar-refractivity contribution in [1.29, 1.82) is 0 Å². The first-order chi connectivity index (χ1) is 16.1. The second-order valence-corrected chi connectivity index (χ2v) is 8.35. The summed E-state index contributed by atoms with van der Waals surface area (Å²) in [6, 6.07) is 13.3. The summed E-state index contributed by atoms with van der Waals surface area (Å²) in [4.78, 5) is 14.9. The molecule has 0 radical (unpaired) electrons. The number of benzene rings is 2. The number of nitrogens with one attached hydrogen (secondary N) is 1. The van der Waals surface area contributed by atoms with Gasteiger partial charge in [0.2, 0.25) is 11.9 Å². The molecule has 1 fully saturated rings. The van der Waals surface area contributed by atoms with Gasteiger partial charge in [0.25, 0.3) is 0 Å². The summed E-state index contributed by atoms with van der Waals surface area (Å²) >= 11 is 1.34. The molecule has 2 heterocycles. The Morgan fingerprint density at radius 3 is 2.64 bits per heavy atom. The summed E-state index contributed by atoms with van der Waals surface area (Å²) in [5.74, 6) is 1.94. The van der Waals surface area contributed by atoms with E-state index in [9.17, 15) is 4.79 Å². The third kappa shape index (κ3) is 5.23. The zero-order valence-corrected chi connectivity index (χ0v) is 19.7. The van der Waals surface area contributed by atoms with Gasteiger partial charge in [-0.05, 0) is 30.7 Å². The maximum atomic E-state index is 12.7. The van der Waals surface area contributed by atoms with Crippen LogP contribution in [0.3, 0.4) is 0 Å². The summed E-state index contributed by atoms with van der Waals surface area (Å²) in [5, 5.41) is 12.4. The molecule has 0 unspecified atom stereocenters. The zero-order valence-electron chi connectivity index (χ0n) is 18.9. The Balaban J connectivity index is 1.54. The van der Waals surface area contributed by atoms with E-state index < -0.39 is 0 Å². The molecular weight excluding hydrogens is 442 g/mol. The van der Waals surface area contributed by atoms with Gasteiger partial charge in [-0.3, -0.25) is 9.36 Å². The Kier molecular flexibility index (Phi) is 7.36. The maximum Gasteiger partial charge on any atom is 0.234 e. The van der Waals surface area contributed by atoms with Crippen molar-refractivity contribution in [1.82, 2.24) is 14.8 Å². The van der Waals surface area contributed by atoms with Gasteiger partial charge in [0, 0.05) is 19.2 Å². The van der Waals surface area contributed by atoms with Crippen molar-refractivity contribution in [3.05, 3.63) is 48.0 Å². The van der Waals surface area contributed by atoms with E-state index in [4.69, 9.17) is 14.2 Å². The van der Waals surface area contributed by atoms with Crippen molar-refractivity contribution in [2.45, 2.75) is 12.1 Å². The van der Waals surface area contributed by atoms with Crippen LogP contribution in [-0.4, -0.2) is 66.9 Å². The monoisotopic (exact) mass is 469 g/mol. The molecular formula is C23H27N5O4S. The molecule has 33 heavy (non-hydrogen) atoms. The number of thioether (sulfide) groups is 1. The number of rotatable bonds is 8. The Morgan fingerprint density at radius 2 is 1.91 bits per heavy atom. The third-order valence-electron chi connectivity index (χ3n) is 5.28. The van der Waals surface area contributed by atoms with Gasteiger partial charge in [-0.15, -0.1) is 10.2 Å². The number of anilines is 2. The highest BCUT2D eigenvalue weighted by molar-refractivity contribution is 7.99. The van der Waals surface area contributed by atoms with Gasteiger partial charge in [-0.25, -0.2) is 0 Å². The minimum atomic E-state index is -0.171. The molecule has 0 aliphatic carbocycles. The average Bonchev–Trinajstić information content (AvgIpc) is 3.27. The average molecular weight is 470 g/mol. The van der Waals surface area contributed by atoms with Crippen LogP contribution >= 0.6 is 11.8 Å². The standard InChI is InChI=1S/C23H27N5O4S/c1-16-6-4-5-7-19(16)28-22(27-10-12-32-13-11-27)25-26-23(28)33-15-21(29)24-18-9-8-17(30-2)14-20(18)31-3/h4-9,14H,10-13,15H2,1-3H3,(H,24,29). The van der Waals surface area contributed by atoms with E-state index in [1.165, 1.54) is 11.8 Å². The molecule has 0 saturated carbocycles. The molecule has 0 bridgehead atoms. The lowest BCUT2D eigenvalue weighted by Gasteiger charge is -2.28. The van der Waals surface area contributed by atoms with Gasteiger partial charge in [0.15, 0.2) is 5.16 Å². The Labute approximate surface area is 197 Å². The molecule has 1 N–H and O–H groups in total. The molecule has 9 nitrogen and oxygen atoms in total. The van der Waals surface area contributed by atoms with Crippen LogP contribution in [0.5, 0.6) is 11.5 Å². The number of carbonyl (C=O) groups excluding carboxylic acids is 1. The fraction of sp³-hybridized carbons (Fsp3) is 0.348. The molecule has 1 aliphatic heterocycles. The molecule has 2 aromatic carbocycles. The van der Waals surface area contributed by atoms with Crippen molar-refractivity contribution in [2.75, 3.05) is 56.5 Å². The number of nitrogens with zero attached hydrogens (tertiary/aromatic N) is 4. The molecule has 1 amide bonds. The lowest BCUT2D eigenvalue weighted by molar-refractivity contribution is -0.113. The number of aryl methyl sites for hydroxylation is 1. The number of amides is 1. The maximum absolute atomic E-state index is 12.7. The molecule has 1 aromatic heterocycles. The quantitative estimate of drug-likeness (QED) is 0.503. The fourth-order valence-corrected chi connectivity index (χ4v) is 4.31. The number of morpholine rings is 1. The largest absolute Gasteiger partial charge is 0.497 e. The summed E-state index contributed by atoms with van der Waals surface area (Å²) in [6.45, 7) is 4.83. The number of hydrogen-bond acceptors (Lipinski definition) is 8. The summed E-state index contributed by atoms with van der Waals surface area (Å²) in [6.07, 6.45) is 0. The van der Waals surface area contributed by atoms with E-state index in [0.29, 0.717) is 35.6 Å². The first kappa shape index (κ1) is 22.9. The van der Waals surface area contributed by atoms with Crippen LogP contribution in [0.25, 0.3) is 5.69 Å². The van der Waals surface area contributed by atoms with Crippen molar-refractivity contribution < 1.29 is 19.0 Å². The molecule has 3 aromatic rings. The molecule has 10 heteroatoms. The van der Waals surface area contributed by atoms with Gasteiger partial charge in [0.1, 0.15) is 11.5 Å². The summed E-state index contributed by atoms with van der Waals surface area (Å²) in [5.41, 5.74) is 2.67. The fourth-order valence-electron chi connectivity index (χ4n) is 3.57. The predicted molar refractivity (Wildman–Crippen MR) is 128 cm³/mol. The Bertz CT molecular complexity index is 1110. The van der Waals surface area contributed by atoms with Crippen LogP contribution in [0.4, 0.5) is 11.6 Å². The number of ether oxygens (including phenoxy) is 3. The van der Waals surface area contributed by atoms with Crippen LogP contribution in [-0.2, 0) is 9.53 Å². The Hall–Kier alpha value is -3.24. The topological polar surface area (TPSA) is 90.7 Å². The van der Waals surface area contributed by atoms with Crippen LogP contribution in [0.15, 0.2) is 47.6 Å². The molecule has 1 saturated heterocycles. The van der Waals surface area contributed by atoms with Crippen LogP contribution < -0.4 is 19.7 Å². The van der Waals surface area contributed by atoms with Gasteiger partial charge in [-0.2, -0.15) is 0 Å². The predicted octanol–water partition coefficient (Wildman–Crippen LogP) is 3.16. The van der Waals surface area contributed by atoms with Gasteiger partial charge < -0.3 is 24.4 Å². The van der Waals surface area contributed by atoms with E-state index in [0.717, 1.165) is 30.3 Å². The SMILES string of the molecule is COc1ccc(NC(=O)CSc2nnc(N3CCOCC3)n2-c2ccccc2C)c(OC)c1. The molecule has 1 aliphatic rings. The lowest BCUT2D eigenvalue weighted by Crippen LogP contribution is -2.38. The van der Waals surface area contributed by atoms with Crippen molar-refractivity contribution >= 4 is 29.3 Å². The Morgan fingerprint density at radius 1 is 1.12 bits per heavy atom. The van der Waals surface area contributed by atoms with E-state index >= 15 is 0 Å². The van der Waals surface area contributed by atoms with E-state index in [-0.39, 0.29) is 11.7 Å².